The molecule has 1 heterocycles. The molecule has 0 aliphatic carbocycles. The third-order valence-electron chi connectivity index (χ3n) is 4.14. The van der Waals surface area contributed by atoms with Crippen molar-refractivity contribution in [3.63, 3.8) is 0 Å². The van der Waals surface area contributed by atoms with Crippen LogP contribution in [0.15, 0.2) is 0 Å². The highest BCUT2D eigenvalue weighted by Crippen LogP contribution is 2.39. The van der Waals surface area contributed by atoms with Crippen LogP contribution in [0.3, 0.4) is 0 Å². The molecule has 1 aliphatic rings. The van der Waals surface area contributed by atoms with Crippen LogP contribution >= 0.6 is 0 Å². The molecule has 0 unspecified atom stereocenters. The number of rotatable bonds is 3. The third kappa shape index (κ3) is 3.54. The predicted molar refractivity (Wildman–Crippen MR) is 74.0 cm³/mol. The highest BCUT2D eigenvalue weighted by atomic mass is 28.4. The quantitative estimate of drug-likeness (QED) is 0.805. The lowest BCUT2D eigenvalue weighted by Crippen LogP contribution is -2.55. The fraction of sp³-hybridized carbons (Fsp3) is 1.00. The lowest BCUT2D eigenvalue weighted by atomic mass is 10.0. The van der Waals surface area contributed by atoms with Gasteiger partial charge >= 0.3 is 0 Å². The van der Waals surface area contributed by atoms with E-state index in [2.05, 4.69) is 33.9 Å². The minimum atomic E-state index is -1.89. The largest absolute Gasteiger partial charge is 0.409 e. The van der Waals surface area contributed by atoms with Crippen molar-refractivity contribution in [1.29, 1.82) is 0 Å². The molecule has 1 saturated heterocycles. The standard InChI is InChI=1S/C13H28O4Si/c1-9-12(10(14)8-11(15-5)16-9)17-18(6,7)13(2,3)4/h9-12,14H,8H2,1-7H3/t9-,10-,11-,12+/m0/s1. The number of hydrogen-bond acceptors (Lipinski definition) is 4. The van der Waals surface area contributed by atoms with E-state index in [1.54, 1.807) is 7.11 Å². The van der Waals surface area contributed by atoms with E-state index in [4.69, 9.17) is 13.9 Å². The molecule has 0 bridgehead atoms. The van der Waals surface area contributed by atoms with E-state index in [-0.39, 0.29) is 23.5 Å². The van der Waals surface area contributed by atoms with E-state index >= 15 is 0 Å². The van der Waals surface area contributed by atoms with Crippen LogP contribution in [-0.2, 0) is 13.9 Å². The van der Waals surface area contributed by atoms with E-state index in [1.807, 2.05) is 6.92 Å². The van der Waals surface area contributed by atoms with Crippen LogP contribution in [0.25, 0.3) is 0 Å². The normalized spacial score (nSPS) is 34.7. The molecule has 0 amide bonds. The van der Waals surface area contributed by atoms with Crippen LogP contribution in [0.5, 0.6) is 0 Å². The van der Waals surface area contributed by atoms with Crippen molar-refractivity contribution >= 4 is 8.32 Å². The molecule has 0 aromatic rings. The first-order valence-corrected chi connectivity index (χ1v) is 9.53. The predicted octanol–water partition coefficient (Wildman–Crippen LogP) is 2.52. The molecule has 0 aromatic heterocycles. The molecule has 0 radical (unpaired) electrons. The summed E-state index contributed by atoms with van der Waals surface area (Å²) in [6.07, 6.45) is -0.771. The molecule has 1 aliphatic heterocycles. The molecular formula is C13H28O4Si. The van der Waals surface area contributed by atoms with E-state index in [1.165, 1.54) is 0 Å². The van der Waals surface area contributed by atoms with E-state index in [0.717, 1.165) is 0 Å². The Balaban J connectivity index is 2.73. The highest BCUT2D eigenvalue weighted by Gasteiger charge is 2.44. The number of aliphatic hydroxyl groups is 1. The van der Waals surface area contributed by atoms with E-state index in [0.29, 0.717) is 6.42 Å². The van der Waals surface area contributed by atoms with Gasteiger partial charge in [-0.05, 0) is 25.1 Å². The Morgan fingerprint density at radius 1 is 1.28 bits per heavy atom. The summed E-state index contributed by atoms with van der Waals surface area (Å²) >= 11 is 0. The first-order chi connectivity index (χ1) is 8.08. The summed E-state index contributed by atoms with van der Waals surface area (Å²) < 4.78 is 17.1. The van der Waals surface area contributed by atoms with Crippen LogP contribution in [0.1, 0.15) is 34.1 Å². The Morgan fingerprint density at radius 2 is 1.83 bits per heavy atom. The molecule has 0 saturated carbocycles. The molecule has 1 fully saturated rings. The van der Waals surface area contributed by atoms with Crippen molar-refractivity contribution < 1.29 is 19.0 Å². The molecule has 0 aromatic carbocycles. The van der Waals surface area contributed by atoms with Gasteiger partial charge in [0.1, 0.15) is 0 Å². The average molecular weight is 276 g/mol. The molecule has 18 heavy (non-hydrogen) atoms. The van der Waals surface area contributed by atoms with Gasteiger partial charge in [-0.3, -0.25) is 0 Å². The molecule has 108 valence electrons. The van der Waals surface area contributed by atoms with Crippen LogP contribution < -0.4 is 0 Å². The van der Waals surface area contributed by atoms with Gasteiger partial charge in [0.15, 0.2) is 14.6 Å². The van der Waals surface area contributed by atoms with Gasteiger partial charge in [-0.15, -0.1) is 0 Å². The SMILES string of the molecule is CO[C@@H]1C[C@H](O)[C@H](O[Si](C)(C)C(C)(C)C)[C@H](C)O1. The second-order valence-corrected chi connectivity index (χ2v) is 11.4. The van der Waals surface area contributed by atoms with Gasteiger partial charge in [0.05, 0.1) is 18.3 Å². The van der Waals surface area contributed by atoms with Crippen LogP contribution in [-0.4, -0.2) is 45.1 Å². The smallest absolute Gasteiger partial charge is 0.192 e. The van der Waals surface area contributed by atoms with E-state index < -0.39 is 14.4 Å². The number of hydrogen-bond donors (Lipinski definition) is 1. The van der Waals surface area contributed by atoms with Crippen molar-refractivity contribution in [1.82, 2.24) is 0 Å². The average Bonchev–Trinajstić information content (AvgIpc) is 2.21. The van der Waals surface area contributed by atoms with Gasteiger partial charge in [-0.25, -0.2) is 0 Å². The fourth-order valence-electron chi connectivity index (χ4n) is 1.86. The minimum absolute atomic E-state index is 0.130. The monoisotopic (exact) mass is 276 g/mol. The lowest BCUT2D eigenvalue weighted by molar-refractivity contribution is -0.233. The summed E-state index contributed by atoms with van der Waals surface area (Å²) in [5, 5.41) is 10.3. The third-order valence-corrected chi connectivity index (χ3v) is 8.62. The maximum Gasteiger partial charge on any atom is 0.192 e. The maximum atomic E-state index is 10.2. The first-order valence-electron chi connectivity index (χ1n) is 6.62. The summed E-state index contributed by atoms with van der Waals surface area (Å²) in [5.74, 6) is 0. The van der Waals surface area contributed by atoms with Gasteiger partial charge in [0.2, 0.25) is 0 Å². The summed E-state index contributed by atoms with van der Waals surface area (Å²) in [4.78, 5) is 0. The molecule has 5 heteroatoms. The Bertz CT molecular complexity index is 263. The summed E-state index contributed by atoms with van der Waals surface area (Å²) in [7, 11) is -0.293. The zero-order valence-corrected chi connectivity index (χ0v) is 13.7. The second kappa shape index (κ2) is 5.59. The van der Waals surface area contributed by atoms with Gasteiger partial charge in [0.25, 0.3) is 0 Å². The summed E-state index contributed by atoms with van der Waals surface area (Å²) in [6, 6.07) is 0. The molecule has 4 atom stereocenters. The van der Waals surface area contributed by atoms with Crippen molar-refractivity contribution in [2.75, 3.05) is 7.11 Å². The Labute approximate surface area is 112 Å². The lowest BCUT2D eigenvalue weighted by Gasteiger charge is -2.45. The highest BCUT2D eigenvalue weighted by molar-refractivity contribution is 6.74. The van der Waals surface area contributed by atoms with Crippen molar-refractivity contribution in [2.45, 2.75) is 76.8 Å². The fourth-order valence-corrected chi connectivity index (χ4v) is 3.24. The number of ether oxygens (including phenoxy) is 2. The minimum Gasteiger partial charge on any atom is -0.409 e. The first kappa shape index (κ1) is 16.1. The Morgan fingerprint density at radius 3 is 2.22 bits per heavy atom. The van der Waals surface area contributed by atoms with Gasteiger partial charge in [-0.1, -0.05) is 20.8 Å². The topological polar surface area (TPSA) is 47.9 Å². The van der Waals surface area contributed by atoms with Crippen molar-refractivity contribution in [2.24, 2.45) is 0 Å². The zero-order valence-electron chi connectivity index (χ0n) is 12.7. The summed E-state index contributed by atoms with van der Waals surface area (Å²) in [5.41, 5.74) is 0. The van der Waals surface area contributed by atoms with E-state index in [9.17, 15) is 5.11 Å². The number of methoxy groups -OCH3 is 1. The van der Waals surface area contributed by atoms with Crippen molar-refractivity contribution in [3.05, 3.63) is 0 Å². The van der Waals surface area contributed by atoms with Gasteiger partial charge in [-0.2, -0.15) is 0 Å². The van der Waals surface area contributed by atoms with Crippen LogP contribution in [0.4, 0.5) is 0 Å². The van der Waals surface area contributed by atoms with Crippen molar-refractivity contribution in [3.8, 4) is 0 Å². The van der Waals surface area contributed by atoms with Gasteiger partial charge in [0, 0.05) is 13.5 Å². The zero-order chi connectivity index (χ0) is 14.1. The molecule has 1 N–H and O–H groups in total. The Hall–Kier alpha value is 0.0569. The second-order valence-electron chi connectivity index (χ2n) is 6.65. The maximum absolute atomic E-state index is 10.2. The number of aliphatic hydroxyl groups excluding tert-OH is 1. The van der Waals surface area contributed by atoms with Crippen LogP contribution in [0.2, 0.25) is 18.1 Å². The molecular weight excluding hydrogens is 248 g/mol. The summed E-state index contributed by atoms with van der Waals surface area (Å²) in [6.45, 7) is 12.9. The van der Waals surface area contributed by atoms with Gasteiger partial charge < -0.3 is 19.0 Å². The Kier molecular flexibility index (Phi) is 5.00. The molecule has 4 nitrogen and oxygen atoms in total. The molecule has 0 spiro atoms. The van der Waals surface area contributed by atoms with Crippen LogP contribution in [0, 0.1) is 0 Å². The molecule has 1 rings (SSSR count).